The van der Waals surface area contributed by atoms with Gasteiger partial charge in [0.15, 0.2) is 11.0 Å². The van der Waals surface area contributed by atoms with E-state index in [1.54, 1.807) is 0 Å². The van der Waals surface area contributed by atoms with E-state index in [0.717, 1.165) is 25.7 Å². The normalized spacial score (nSPS) is 16.4. The highest BCUT2D eigenvalue weighted by atomic mass is 32.1. The number of methoxy groups -OCH3 is 1. The van der Waals surface area contributed by atoms with Crippen LogP contribution in [0.25, 0.3) is 0 Å². The SMILES string of the molecule is COC(=O)C(C(=O)OCCCNC(N)=S)C1CCCC1. The molecule has 0 aromatic heterocycles. The molecule has 0 aromatic rings. The number of rotatable bonds is 7. The number of nitrogens with two attached hydrogens (primary N) is 1. The van der Waals surface area contributed by atoms with Crippen molar-refractivity contribution < 1.29 is 19.1 Å². The lowest BCUT2D eigenvalue weighted by Crippen LogP contribution is -2.34. The van der Waals surface area contributed by atoms with Crippen molar-refractivity contribution in [3.63, 3.8) is 0 Å². The Morgan fingerprint density at radius 3 is 2.55 bits per heavy atom. The lowest BCUT2D eigenvalue weighted by molar-refractivity contribution is -0.163. The molecule has 1 unspecified atom stereocenters. The topological polar surface area (TPSA) is 90.7 Å². The highest BCUT2D eigenvalue weighted by molar-refractivity contribution is 7.80. The number of ether oxygens (including phenoxy) is 2. The maximum atomic E-state index is 12.0. The first-order chi connectivity index (χ1) is 9.56. The molecule has 0 bridgehead atoms. The summed E-state index contributed by atoms with van der Waals surface area (Å²) in [7, 11) is 1.30. The summed E-state index contributed by atoms with van der Waals surface area (Å²) in [6.45, 7) is 0.767. The van der Waals surface area contributed by atoms with Crippen molar-refractivity contribution in [1.29, 1.82) is 0 Å². The number of thiocarbonyl (C=S) groups is 1. The lowest BCUT2D eigenvalue weighted by Gasteiger charge is -2.19. The highest BCUT2D eigenvalue weighted by Crippen LogP contribution is 2.32. The average molecular weight is 302 g/mol. The van der Waals surface area contributed by atoms with Gasteiger partial charge in [-0.25, -0.2) is 0 Å². The Kier molecular flexibility index (Phi) is 7.28. The fraction of sp³-hybridized carbons (Fsp3) is 0.769. The molecule has 7 heteroatoms. The second-order valence-electron chi connectivity index (χ2n) is 4.86. The quantitative estimate of drug-likeness (QED) is 0.310. The molecule has 0 saturated heterocycles. The van der Waals surface area contributed by atoms with Crippen molar-refractivity contribution in [1.82, 2.24) is 5.32 Å². The maximum absolute atomic E-state index is 12.0. The number of carbonyl (C=O) groups excluding carboxylic acids is 2. The number of esters is 2. The van der Waals surface area contributed by atoms with E-state index < -0.39 is 17.9 Å². The molecule has 114 valence electrons. The lowest BCUT2D eigenvalue weighted by atomic mass is 9.91. The second kappa shape index (κ2) is 8.73. The van der Waals surface area contributed by atoms with Crippen molar-refractivity contribution in [3.8, 4) is 0 Å². The van der Waals surface area contributed by atoms with Crippen LogP contribution in [0.5, 0.6) is 0 Å². The molecule has 1 saturated carbocycles. The van der Waals surface area contributed by atoms with E-state index in [1.807, 2.05) is 0 Å². The number of hydrogen-bond donors (Lipinski definition) is 2. The molecule has 1 rings (SSSR count). The summed E-state index contributed by atoms with van der Waals surface area (Å²) in [5.41, 5.74) is 5.27. The molecule has 0 amide bonds. The van der Waals surface area contributed by atoms with Gasteiger partial charge in [0.1, 0.15) is 0 Å². The largest absolute Gasteiger partial charge is 0.468 e. The van der Waals surface area contributed by atoms with E-state index in [2.05, 4.69) is 17.5 Å². The average Bonchev–Trinajstić information content (AvgIpc) is 2.91. The Hall–Kier alpha value is -1.37. The summed E-state index contributed by atoms with van der Waals surface area (Å²) in [5, 5.41) is 2.98. The molecule has 6 nitrogen and oxygen atoms in total. The van der Waals surface area contributed by atoms with E-state index in [4.69, 9.17) is 15.2 Å². The minimum Gasteiger partial charge on any atom is -0.468 e. The third kappa shape index (κ3) is 5.32. The van der Waals surface area contributed by atoms with Gasteiger partial charge in [0, 0.05) is 6.54 Å². The second-order valence-corrected chi connectivity index (χ2v) is 5.30. The number of carbonyl (C=O) groups is 2. The summed E-state index contributed by atoms with van der Waals surface area (Å²) >= 11 is 4.66. The molecule has 0 aliphatic heterocycles. The molecule has 0 radical (unpaired) electrons. The molecule has 20 heavy (non-hydrogen) atoms. The van der Waals surface area contributed by atoms with Gasteiger partial charge in [-0.3, -0.25) is 9.59 Å². The predicted octanol–water partition coefficient (Wildman–Crippen LogP) is 0.732. The molecule has 1 atom stereocenters. The van der Waals surface area contributed by atoms with E-state index in [9.17, 15) is 9.59 Å². The van der Waals surface area contributed by atoms with Gasteiger partial charge in [-0.05, 0) is 37.4 Å². The first-order valence-corrected chi connectivity index (χ1v) is 7.25. The van der Waals surface area contributed by atoms with Crippen molar-refractivity contribution >= 4 is 29.3 Å². The molecule has 0 heterocycles. The maximum Gasteiger partial charge on any atom is 0.320 e. The van der Waals surface area contributed by atoms with Gasteiger partial charge in [-0.2, -0.15) is 0 Å². The predicted molar refractivity (Wildman–Crippen MR) is 77.8 cm³/mol. The highest BCUT2D eigenvalue weighted by Gasteiger charge is 2.38. The third-order valence-corrected chi connectivity index (χ3v) is 3.59. The van der Waals surface area contributed by atoms with Gasteiger partial charge in [-0.15, -0.1) is 0 Å². The first-order valence-electron chi connectivity index (χ1n) is 6.84. The van der Waals surface area contributed by atoms with Crippen LogP contribution in [0.1, 0.15) is 32.1 Å². The number of hydrogen-bond acceptors (Lipinski definition) is 5. The van der Waals surface area contributed by atoms with E-state index in [0.29, 0.717) is 13.0 Å². The first kappa shape index (κ1) is 16.7. The fourth-order valence-electron chi connectivity index (χ4n) is 2.45. The summed E-state index contributed by atoms with van der Waals surface area (Å²) in [6.07, 6.45) is 4.42. The van der Waals surface area contributed by atoms with Crippen molar-refractivity contribution in [2.75, 3.05) is 20.3 Å². The van der Waals surface area contributed by atoms with Crippen LogP contribution in [0.4, 0.5) is 0 Å². The fourth-order valence-corrected chi connectivity index (χ4v) is 2.55. The zero-order valence-corrected chi connectivity index (χ0v) is 12.5. The standard InChI is InChI=1S/C13H22N2O4S/c1-18-11(16)10(9-5-2-3-6-9)12(17)19-8-4-7-15-13(14)20/h9-10H,2-8H2,1H3,(H3,14,15,20). The molecular formula is C13H22N2O4S. The molecule has 1 fully saturated rings. The molecule has 0 spiro atoms. The summed E-state index contributed by atoms with van der Waals surface area (Å²) in [6, 6.07) is 0. The van der Waals surface area contributed by atoms with Gasteiger partial charge in [0.25, 0.3) is 0 Å². The zero-order chi connectivity index (χ0) is 15.0. The van der Waals surface area contributed by atoms with Crippen LogP contribution in [0.2, 0.25) is 0 Å². The van der Waals surface area contributed by atoms with Crippen LogP contribution in [-0.4, -0.2) is 37.3 Å². The van der Waals surface area contributed by atoms with Crippen molar-refractivity contribution in [2.24, 2.45) is 17.6 Å². The van der Waals surface area contributed by atoms with E-state index >= 15 is 0 Å². The van der Waals surface area contributed by atoms with Gasteiger partial charge < -0.3 is 20.5 Å². The summed E-state index contributed by atoms with van der Waals surface area (Å²) < 4.78 is 9.88. The third-order valence-electron chi connectivity index (χ3n) is 3.44. The summed E-state index contributed by atoms with van der Waals surface area (Å²) in [4.78, 5) is 23.8. The number of nitrogens with one attached hydrogen (secondary N) is 1. The molecular weight excluding hydrogens is 280 g/mol. The summed E-state index contributed by atoms with van der Waals surface area (Å²) in [5.74, 6) is -1.72. The molecule has 0 aromatic carbocycles. The zero-order valence-electron chi connectivity index (χ0n) is 11.7. The van der Waals surface area contributed by atoms with Crippen LogP contribution in [-0.2, 0) is 19.1 Å². The Morgan fingerprint density at radius 2 is 2.00 bits per heavy atom. The van der Waals surface area contributed by atoms with Gasteiger partial charge >= 0.3 is 11.9 Å². The van der Waals surface area contributed by atoms with Gasteiger partial charge in [-0.1, -0.05) is 12.8 Å². The Morgan fingerprint density at radius 1 is 1.35 bits per heavy atom. The van der Waals surface area contributed by atoms with E-state index in [-0.39, 0.29) is 17.6 Å². The molecule has 3 N–H and O–H groups in total. The van der Waals surface area contributed by atoms with Crippen LogP contribution < -0.4 is 11.1 Å². The minimum atomic E-state index is -0.786. The van der Waals surface area contributed by atoms with Crippen LogP contribution >= 0.6 is 12.2 Å². The van der Waals surface area contributed by atoms with Crippen LogP contribution in [0.3, 0.4) is 0 Å². The molecule has 1 aliphatic rings. The van der Waals surface area contributed by atoms with Crippen molar-refractivity contribution in [2.45, 2.75) is 32.1 Å². The minimum absolute atomic E-state index is 0.0460. The monoisotopic (exact) mass is 302 g/mol. The Balaban J connectivity index is 2.39. The Labute approximate surface area is 124 Å². The van der Waals surface area contributed by atoms with Crippen LogP contribution in [0.15, 0.2) is 0 Å². The smallest absolute Gasteiger partial charge is 0.320 e. The Bertz CT molecular complexity index is 356. The van der Waals surface area contributed by atoms with Crippen LogP contribution in [0, 0.1) is 11.8 Å². The van der Waals surface area contributed by atoms with Crippen molar-refractivity contribution in [3.05, 3.63) is 0 Å². The molecule has 1 aliphatic carbocycles. The van der Waals surface area contributed by atoms with E-state index in [1.165, 1.54) is 7.11 Å². The van der Waals surface area contributed by atoms with Gasteiger partial charge in [0.05, 0.1) is 13.7 Å². The van der Waals surface area contributed by atoms with Gasteiger partial charge in [0.2, 0.25) is 0 Å².